The fourth-order valence-corrected chi connectivity index (χ4v) is 4.53. The van der Waals surface area contributed by atoms with Crippen molar-refractivity contribution in [2.75, 3.05) is 27.3 Å². The number of rotatable bonds is 9. The van der Waals surface area contributed by atoms with Gasteiger partial charge in [-0.3, -0.25) is 4.79 Å². The van der Waals surface area contributed by atoms with Gasteiger partial charge in [0.2, 0.25) is 15.9 Å². The molecular formula is C17H22N2O5S2. The van der Waals surface area contributed by atoms with Gasteiger partial charge in [0, 0.05) is 17.5 Å². The predicted octanol–water partition coefficient (Wildman–Crippen LogP) is 2.09. The number of benzene rings is 1. The van der Waals surface area contributed by atoms with Crippen LogP contribution in [0.25, 0.3) is 0 Å². The maximum Gasteiger partial charge on any atom is 0.247 e. The van der Waals surface area contributed by atoms with Crippen LogP contribution in [0.3, 0.4) is 0 Å². The van der Waals surface area contributed by atoms with Crippen molar-refractivity contribution in [2.24, 2.45) is 0 Å². The van der Waals surface area contributed by atoms with Crippen molar-refractivity contribution in [3.63, 3.8) is 0 Å². The average Bonchev–Trinajstić information content (AvgIpc) is 3.17. The lowest BCUT2D eigenvalue weighted by Crippen LogP contribution is -2.40. The number of sulfonamides is 1. The van der Waals surface area contributed by atoms with Gasteiger partial charge in [-0.25, -0.2) is 8.42 Å². The number of carbonyl (C=O) groups excluding carboxylic acids is 1. The lowest BCUT2D eigenvalue weighted by atomic mass is 10.3. The molecule has 1 aromatic heterocycles. The topological polar surface area (TPSA) is 84.9 Å². The van der Waals surface area contributed by atoms with Gasteiger partial charge in [0.05, 0.1) is 27.3 Å². The van der Waals surface area contributed by atoms with Crippen molar-refractivity contribution in [1.82, 2.24) is 9.62 Å². The minimum atomic E-state index is -3.92. The fraction of sp³-hybridized carbons (Fsp3) is 0.353. The summed E-state index contributed by atoms with van der Waals surface area (Å²) >= 11 is 1.52. The first-order valence-electron chi connectivity index (χ1n) is 7.93. The Morgan fingerprint density at radius 1 is 1.23 bits per heavy atom. The van der Waals surface area contributed by atoms with Gasteiger partial charge in [-0.15, -0.1) is 11.3 Å². The van der Waals surface area contributed by atoms with E-state index in [4.69, 9.17) is 9.47 Å². The molecule has 0 saturated heterocycles. The molecule has 9 heteroatoms. The van der Waals surface area contributed by atoms with E-state index in [1.807, 2.05) is 17.5 Å². The fourth-order valence-electron chi connectivity index (χ4n) is 2.31. The first-order valence-corrected chi connectivity index (χ1v) is 10.3. The number of hydrogen-bond acceptors (Lipinski definition) is 6. The van der Waals surface area contributed by atoms with Gasteiger partial charge in [0.1, 0.15) is 16.4 Å². The molecule has 1 heterocycles. The van der Waals surface area contributed by atoms with E-state index in [2.05, 4.69) is 5.32 Å². The van der Waals surface area contributed by atoms with E-state index >= 15 is 0 Å². The zero-order chi connectivity index (χ0) is 19.2. The van der Waals surface area contributed by atoms with Crippen LogP contribution in [0.5, 0.6) is 11.5 Å². The molecule has 0 spiro atoms. The molecule has 0 fully saturated rings. The maximum absolute atomic E-state index is 13.0. The van der Waals surface area contributed by atoms with Crippen LogP contribution in [-0.2, 0) is 21.4 Å². The summed E-state index contributed by atoms with van der Waals surface area (Å²) in [5, 5.41) is 4.65. The van der Waals surface area contributed by atoms with Crippen LogP contribution in [-0.4, -0.2) is 45.9 Å². The zero-order valence-electron chi connectivity index (χ0n) is 14.9. The van der Waals surface area contributed by atoms with Crippen LogP contribution in [0.1, 0.15) is 11.8 Å². The van der Waals surface area contributed by atoms with E-state index in [0.29, 0.717) is 12.3 Å². The van der Waals surface area contributed by atoms with E-state index in [0.717, 1.165) is 9.18 Å². The largest absolute Gasteiger partial charge is 0.497 e. The zero-order valence-corrected chi connectivity index (χ0v) is 16.5. The predicted molar refractivity (Wildman–Crippen MR) is 100 cm³/mol. The van der Waals surface area contributed by atoms with Crippen LogP contribution >= 0.6 is 11.3 Å². The van der Waals surface area contributed by atoms with Gasteiger partial charge in [-0.05, 0) is 23.6 Å². The van der Waals surface area contributed by atoms with Crippen LogP contribution in [0, 0.1) is 0 Å². The van der Waals surface area contributed by atoms with Gasteiger partial charge in [-0.2, -0.15) is 4.31 Å². The monoisotopic (exact) mass is 398 g/mol. The Kier molecular flexibility index (Phi) is 7.01. The summed E-state index contributed by atoms with van der Waals surface area (Å²) in [5.41, 5.74) is 0. The number of methoxy groups -OCH3 is 2. The van der Waals surface area contributed by atoms with E-state index < -0.39 is 10.0 Å². The van der Waals surface area contributed by atoms with Gasteiger partial charge in [-0.1, -0.05) is 13.0 Å². The number of amides is 1. The first kappa shape index (κ1) is 20.2. The quantitative estimate of drug-likeness (QED) is 0.699. The molecule has 1 N–H and O–H groups in total. The highest BCUT2D eigenvalue weighted by Gasteiger charge is 2.29. The maximum atomic E-state index is 13.0. The molecule has 0 bridgehead atoms. The molecular weight excluding hydrogens is 376 g/mol. The van der Waals surface area contributed by atoms with E-state index in [9.17, 15) is 13.2 Å². The number of nitrogens with one attached hydrogen (secondary N) is 1. The Bertz CT molecular complexity index is 835. The van der Waals surface area contributed by atoms with Crippen LogP contribution in [0.15, 0.2) is 40.6 Å². The molecule has 142 valence electrons. The third-order valence-electron chi connectivity index (χ3n) is 3.70. The summed E-state index contributed by atoms with van der Waals surface area (Å²) in [7, 11) is -1.08. The van der Waals surface area contributed by atoms with Crippen LogP contribution in [0.4, 0.5) is 0 Å². The van der Waals surface area contributed by atoms with E-state index in [1.165, 1.54) is 37.7 Å². The SMILES string of the molecule is CCN(CC(=O)NCc1cccs1)S(=O)(=O)c1cc(OC)ccc1OC. The molecule has 0 saturated carbocycles. The first-order chi connectivity index (χ1) is 12.4. The highest BCUT2D eigenvalue weighted by Crippen LogP contribution is 2.30. The van der Waals surface area contributed by atoms with Gasteiger partial charge >= 0.3 is 0 Å². The minimum absolute atomic E-state index is 0.0349. The molecule has 1 aromatic carbocycles. The van der Waals surface area contributed by atoms with E-state index in [-0.39, 0.29) is 29.6 Å². The summed E-state index contributed by atoms with van der Waals surface area (Å²) in [4.78, 5) is 13.2. The molecule has 7 nitrogen and oxygen atoms in total. The molecule has 1 amide bonds. The number of thiophene rings is 1. The molecule has 0 aliphatic heterocycles. The Hall–Kier alpha value is -2.10. The van der Waals surface area contributed by atoms with Crippen molar-refractivity contribution >= 4 is 27.3 Å². The van der Waals surface area contributed by atoms with Crippen molar-refractivity contribution in [2.45, 2.75) is 18.4 Å². The average molecular weight is 399 g/mol. The Labute approximate surface area is 157 Å². The molecule has 26 heavy (non-hydrogen) atoms. The highest BCUT2D eigenvalue weighted by atomic mass is 32.2. The summed E-state index contributed by atoms with van der Waals surface area (Å²) in [6, 6.07) is 8.32. The Morgan fingerprint density at radius 3 is 2.58 bits per heavy atom. The second-order valence-corrected chi connectivity index (χ2v) is 8.24. The standard InChI is InChI=1S/C17H22N2O5S2/c1-4-19(12-17(20)18-11-14-6-5-9-25-14)26(21,22)16-10-13(23-2)7-8-15(16)24-3/h5-10H,4,11-12H2,1-3H3,(H,18,20). The summed E-state index contributed by atoms with van der Waals surface area (Å²) in [6.07, 6.45) is 0. The van der Waals surface area contributed by atoms with Crippen LogP contribution in [0.2, 0.25) is 0 Å². The van der Waals surface area contributed by atoms with Gasteiger partial charge < -0.3 is 14.8 Å². The molecule has 2 aromatic rings. The Balaban J connectivity index is 2.18. The second kappa shape index (κ2) is 9.02. The van der Waals surface area contributed by atoms with Crippen molar-refractivity contribution in [1.29, 1.82) is 0 Å². The number of ether oxygens (including phenoxy) is 2. The summed E-state index contributed by atoms with van der Waals surface area (Å²) < 4.78 is 37.4. The minimum Gasteiger partial charge on any atom is -0.497 e. The van der Waals surface area contributed by atoms with E-state index in [1.54, 1.807) is 13.0 Å². The highest BCUT2D eigenvalue weighted by molar-refractivity contribution is 7.89. The molecule has 2 rings (SSSR count). The lowest BCUT2D eigenvalue weighted by Gasteiger charge is -2.21. The van der Waals surface area contributed by atoms with Gasteiger partial charge in [0.15, 0.2) is 0 Å². The molecule has 0 unspecified atom stereocenters. The lowest BCUT2D eigenvalue weighted by molar-refractivity contribution is -0.121. The third kappa shape index (κ3) is 4.75. The van der Waals surface area contributed by atoms with Crippen molar-refractivity contribution in [3.05, 3.63) is 40.6 Å². The summed E-state index contributed by atoms with van der Waals surface area (Å²) in [6.45, 7) is 1.92. The van der Waals surface area contributed by atoms with Crippen molar-refractivity contribution in [3.8, 4) is 11.5 Å². The second-order valence-electron chi connectivity index (χ2n) is 5.30. The Morgan fingerprint density at radius 2 is 2.00 bits per heavy atom. The van der Waals surface area contributed by atoms with Crippen LogP contribution < -0.4 is 14.8 Å². The number of hydrogen-bond donors (Lipinski definition) is 1. The molecule has 0 aliphatic rings. The third-order valence-corrected chi connectivity index (χ3v) is 6.52. The number of nitrogens with zero attached hydrogens (tertiary/aromatic N) is 1. The van der Waals surface area contributed by atoms with Crippen molar-refractivity contribution < 1.29 is 22.7 Å². The summed E-state index contributed by atoms with van der Waals surface area (Å²) in [5.74, 6) is 0.219. The molecule has 0 atom stereocenters. The van der Waals surface area contributed by atoms with Gasteiger partial charge in [0.25, 0.3) is 0 Å². The number of carbonyl (C=O) groups is 1. The smallest absolute Gasteiger partial charge is 0.247 e. The normalized spacial score (nSPS) is 11.4. The molecule has 0 radical (unpaired) electrons. The number of likely N-dealkylation sites (N-methyl/N-ethyl adjacent to an activating group) is 1. The molecule has 0 aliphatic carbocycles.